The predicted octanol–water partition coefficient (Wildman–Crippen LogP) is -0.735. The highest BCUT2D eigenvalue weighted by molar-refractivity contribution is 6.35. The van der Waals surface area contributed by atoms with Crippen LogP contribution < -0.4 is 22.5 Å². The molecule has 0 N–H and O–H groups in total. The number of hydrogen-bond acceptors (Lipinski definition) is 8. The van der Waals surface area contributed by atoms with E-state index in [1.165, 1.54) is 0 Å². The molecule has 0 aliphatic heterocycles. The minimum Gasteiger partial charge on any atom is -0.386 e. The molecule has 0 saturated carbocycles. The molecule has 1 aliphatic carbocycles. The molecule has 102 valence electrons. The highest BCUT2D eigenvalue weighted by atomic mass is 16.4. The van der Waals surface area contributed by atoms with Gasteiger partial charge < -0.3 is 8.83 Å². The van der Waals surface area contributed by atoms with Crippen molar-refractivity contribution >= 4 is 33.1 Å². The zero-order chi connectivity index (χ0) is 15.0. The Labute approximate surface area is 111 Å². The maximum Gasteiger partial charge on any atom is 0.347 e. The molecule has 0 radical (unpaired) electrons. The minimum absolute atomic E-state index is 0.337. The molecule has 2 heterocycles. The van der Waals surface area contributed by atoms with Crippen LogP contribution in [0.4, 0.5) is 0 Å². The second kappa shape index (κ2) is 3.29. The van der Waals surface area contributed by atoms with Crippen molar-refractivity contribution in [1.29, 1.82) is 0 Å². The van der Waals surface area contributed by atoms with E-state index in [1.807, 2.05) is 0 Å². The molecule has 8 heteroatoms. The molecule has 8 nitrogen and oxygen atoms in total. The maximum absolute atomic E-state index is 11.9. The molecule has 0 atom stereocenters. The van der Waals surface area contributed by atoms with Crippen molar-refractivity contribution in [3.05, 3.63) is 52.8 Å². The third kappa shape index (κ3) is 1.15. The fraction of sp³-hybridized carbons (Fsp3) is 0.0769. The van der Waals surface area contributed by atoms with E-state index in [9.17, 15) is 28.8 Å². The lowest BCUT2D eigenvalue weighted by Crippen LogP contribution is -2.05. The number of Topliss-reactive ketones (excluding diaryl/α,β-unsaturated/α-hetero) is 2. The molecule has 3 aromatic rings. The van der Waals surface area contributed by atoms with E-state index < -0.39 is 62.0 Å². The molecule has 0 spiro atoms. The zero-order valence-electron chi connectivity index (χ0n) is 9.97. The van der Waals surface area contributed by atoms with Crippen molar-refractivity contribution in [2.24, 2.45) is 0 Å². The SMILES string of the molecule is O=C1CC(=O)c2c1c1c(=O)oc(=O)c1c1c(=O)oc(=O)c21. The highest BCUT2D eigenvalue weighted by Crippen LogP contribution is 2.33. The lowest BCUT2D eigenvalue weighted by atomic mass is 9.97. The van der Waals surface area contributed by atoms with E-state index in [4.69, 9.17) is 0 Å². The van der Waals surface area contributed by atoms with Crippen LogP contribution in [0.3, 0.4) is 0 Å². The summed E-state index contributed by atoms with van der Waals surface area (Å²) in [5, 5.41) is -1.83. The molecule has 2 aromatic heterocycles. The number of ketones is 2. The molecule has 21 heavy (non-hydrogen) atoms. The van der Waals surface area contributed by atoms with Crippen LogP contribution in [-0.4, -0.2) is 11.6 Å². The number of fused-ring (bicyclic) bond motifs is 6. The van der Waals surface area contributed by atoms with Gasteiger partial charge in [0.1, 0.15) is 0 Å². The summed E-state index contributed by atoms with van der Waals surface area (Å²) < 4.78 is 8.78. The second-order valence-electron chi connectivity index (χ2n) is 4.63. The van der Waals surface area contributed by atoms with Crippen LogP contribution in [0.2, 0.25) is 0 Å². The Bertz CT molecular complexity index is 1110. The number of carbonyl (C=O) groups excluding carboxylic acids is 2. The van der Waals surface area contributed by atoms with Crippen LogP contribution in [0, 0.1) is 0 Å². The average Bonchev–Trinajstić information content (AvgIpc) is 2.96. The second-order valence-corrected chi connectivity index (χ2v) is 4.63. The molecule has 1 aromatic carbocycles. The van der Waals surface area contributed by atoms with Gasteiger partial charge in [-0.05, 0) is 0 Å². The lowest BCUT2D eigenvalue weighted by molar-refractivity contribution is 0.0924. The minimum atomic E-state index is -1.15. The van der Waals surface area contributed by atoms with E-state index in [2.05, 4.69) is 8.83 Å². The monoisotopic (exact) mass is 286 g/mol. The molecular weight excluding hydrogens is 284 g/mol. The van der Waals surface area contributed by atoms with E-state index in [0.29, 0.717) is 0 Å². The number of hydrogen-bond donors (Lipinski definition) is 0. The van der Waals surface area contributed by atoms with Gasteiger partial charge in [0, 0.05) is 11.1 Å². The quantitative estimate of drug-likeness (QED) is 0.494. The van der Waals surface area contributed by atoms with Crippen LogP contribution in [-0.2, 0) is 0 Å². The summed E-state index contributed by atoms with van der Waals surface area (Å²) in [5.41, 5.74) is -5.21. The van der Waals surface area contributed by atoms with Gasteiger partial charge >= 0.3 is 22.5 Å². The standard InChI is InChI=1S/C13H2O8/c14-2-1-3(15)5-4(2)6-8(12(18)20-10(6)16)9-7(5)11(17)21-13(9)19/h1H2. The third-order valence-electron chi connectivity index (χ3n) is 3.57. The van der Waals surface area contributed by atoms with Crippen molar-refractivity contribution in [1.82, 2.24) is 0 Å². The largest absolute Gasteiger partial charge is 0.386 e. The van der Waals surface area contributed by atoms with Crippen molar-refractivity contribution in [2.75, 3.05) is 0 Å². The summed E-state index contributed by atoms with van der Waals surface area (Å²) in [4.78, 5) is 70.7. The molecule has 0 bridgehead atoms. The van der Waals surface area contributed by atoms with Crippen LogP contribution in [0.15, 0.2) is 28.0 Å². The summed E-state index contributed by atoms with van der Waals surface area (Å²) in [6.07, 6.45) is -0.541. The smallest absolute Gasteiger partial charge is 0.347 e. The topological polar surface area (TPSA) is 129 Å². The first-order chi connectivity index (χ1) is 9.91. The van der Waals surface area contributed by atoms with Gasteiger partial charge in [-0.25, -0.2) is 19.2 Å². The van der Waals surface area contributed by atoms with Crippen molar-refractivity contribution in [2.45, 2.75) is 6.42 Å². The molecule has 0 amide bonds. The number of furan rings is 2. The number of rotatable bonds is 0. The Morgan fingerprint density at radius 2 is 0.857 bits per heavy atom. The fourth-order valence-electron chi connectivity index (χ4n) is 2.82. The van der Waals surface area contributed by atoms with Crippen LogP contribution >= 0.6 is 0 Å². The summed E-state index contributed by atoms with van der Waals surface area (Å²) >= 11 is 0. The van der Waals surface area contributed by atoms with Gasteiger partial charge in [0.25, 0.3) is 0 Å². The fourth-order valence-corrected chi connectivity index (χ4v) is 2.82. The normalized spacial score (nSPS) is 14.5. The van der Waals surface area contributed by atoms with Crippen molar-refractivity contribution < 1.29 is 18.4 Å². The average molecular weight is 286 g/mol. The first-order valence-electron chi connectivity index (χ1n) is 5.75. The summed E-state index contributed by atoms with van der Waals surface area (Å²) in [6.45, 7) is 0. The van der Waals surface area contributed by atoms with E-state index in [-0.39, 0.29) is 11.1 Å². The van der Waals surface area contributed by atoms with Crippen molar-refractivity contribution in [3.8, 4) is 0 Å². The van der Waals surface area contributed by atoms with Gasteiger partial charge in [-0.15, -0.1) is 0 Å². The molecule has 4 rings (SSSR count). The van der Waals surface area contributed by atoms with Gasteiger partial charge in [0.05, 0.1) is 28.0 Å². The van der Waals surface area contributed by atoms with E-state index >= 15 is 0 Å². The molecule has 0 fully saturated rings. The first-order valence-corrected chi connectivity index (χ1v) is 5.75. The molecule has 0 unspecified atom stereocenters. The van der Waals surface area contributed by atoms with Gasteiger partial charge in [0.15, 0.2) is 11.6 Å². The van der Waals surface area contributed by atoms with Crippen LogP contribution in [0.25, 0.3) is 21.5 Å². The Morgan fingerprint density at radius 1 is 0.524 bits per heavy atom. The Hall–Kier alpha value is -3.16. The molecular formula is C13H2O8. The Balaban J connectivity index is 2.60. The van der Waals surface area contributed by atoms with Crippen LogP contribution in [0.5, 0.6) is 0 Å². The zero-order valence-corrected chi connectivity index (χ0v) is 9.97. The molecule has 1 aliphatic rings. The number of carbonyl (C=O) groups is 2. The summed E-state index contributed by atoms with van der Waals surface area (Å²) in [7, 11) is 0. The van der Waals surface area contributed by atoms with Gasteiger partial charge in [-0.2, -0.15) is 0 Å². The van der Waals surface area contributed by atoms with Crippen molar-refractivity contribution in [3.63, 3.8) is 0 Å². The van der Waals surface area contributed by atoms with Gasteiger partial charge in [0.2, 0.25) is 0 Å². The first kappa shape index (κ1) is 11.6. The Morgan fingerprint density at radius 3 is 1.24 bits per heavy atom. The van der Waals surface area contributed by atoms with E-state index in [0.717, 1.165) is 0 Å². The predicted molar refractivity (Wildman–Crippen MR) is 66.7 cm³/mol. The van der Waals surface area contributed by atoms with Crippen LogP contribution in [0.1, 0.15) is 27.1 Å². The van der Waals surface area contributed by atoms with E-state index in [1.54, 1.807) is 0 Å². The molecule has 0 saturated heterocycles. The maximum atomic E-state index is 11.9. The summed E-state index contributed by atoms with van der Waals surface area (Å²) in [5.74, 6) is -1.40. The van der Waals surface area contributed by atoms with Gasteiger partial charge in [-0.1, -0.05) is 0 Å². The summed E-state index contributed by atoms with van der Waals surface area (Å²) in [6, 6.07) is 0. The highest BCUT2D eigenvalue weighted by Gasteiger charge is 2.37. The Kier molecular flexibility index (Phi) is 1.82. The van der Waals surface area contributed by atoms with Gasteiger partial charge in [-0.3, -0.25) is 9.59 Å². The lowest BCUT2D eigenvalue weighted by Gasteiger charge is -1.97. The third-order valence-corrected chi connectivity index (χ3v) is 3.57. The number of benzene rings is 1.